The maximum Gasteiger partial charge on any atom is 0.326 e. The van der Waals surface area contributed by atoms with Gasteiger partial charge < -0.3 is 10.0 Å². The molecule has 3 unspecified atom stereocenters. The van der Waals surface area contributed by atoms with Crippen molar-refractivity contribution in [2.45, 2.75) is 51.1 Å². The molecule has 21 heavy (non-hydrogen) atoms. The number of nitrogens with zero attached hydrogens (tertiary/aromatic N) is 2. The van der Waals surface area contributed by atoms with E-state index >= 15 is 0 Å². The van der Waals surface area contributed by atoms with Crippen LogP contribution in [0.25, 0.3) is 0 Å². The number of hydrogen-bond donors (Lipinski definition) is 1. The van der Waals surface area contributed by atoms with E-state index in [9.17, 15) is 14.7 Å². The molecule has 112 valence electrons. The molecule has 1 aliphatic carbocycles. The van der Waals surface area contributed by atoms with Crippen LogP contribution in [0.15, 0.2) is 18.5 Å². The lowest BCUT2D eigenvalue weighted by molar-refractivity contribution is -0.141. The number of fused-ring (bicyclic) bond motifs is 1. The third-order valence-electron chi connectivity index (χ3n) is 4.88. The van der Waals surface area contributed by atoms with Crippen LogP contribution in [0.1, 0.15) is 48.0 Å². The van der Waals surface area contributed by atoms with E-state index < -0.39 is 12.0 Å². The van der Waals surface area contributed by atoms with E-state index in [0.717, 1.165) is 31.2 Å². The second-order valence-electron chi connectivity index (χ2n) is 6.10. The first-order valence-corrected chi connectivity index (χ1v) is 7.55. The van der Waals surface area contributed by atoms with Gasteiger partial charge in [0, 0.05) is 18.4 Å². The Morgan fingerprint density at radius 1 is 1.33 bits per heavy atom. The first-order valence-electron chi connectivity index (χ1n) is 7.55. The molecular formula is C16H20N2O3. The summed E-state index contributed by atoms with van der Waals surface area (Å²) in [6, 6.07) is 1.18. The minimum atomic E-state index is -0.890. The number of carbonyl (C=O) groups is 2. The molecule has 2 fully saturated rings. The van der Waals surface area contributed by atoms with Crippen LogP contribution in [-0.4, -0.2) is 39.0 Å². The summed E-state index contributed by atoms with van der Waals surface area (Å²) in [6.45, 7) is 1.86. The summed E-state index contributed by atoms with van der Waals surface area (Å²) < 4.78 is 0. The smallest absolute Gasteiger partial charge is 0.326 e. The fourth-order valence-corrected chi connectivity index (χ4v) is 3.80. The summed E-state index contributed by atoms with van der Waals surface area (Å²) >= 11 is 0. The van der Waals surface area contributed by atoms with E-state index in [-0.39, 0.29) is 11.9 Å². The van der Waals surface area contributed by atoms with Gasteiger partial charge >= 0.3 is 5.97 Å². The molecule has 2 heterocycles. The van der Waals surface area contributed by atoms with Gasteiger partial charge in [-0.2, -0.15) is 0 Å². The zero-order chi connectivity index (χ0) is 15.0. The van der Waals surface area contributed by atoms with Gasteiger partial charge in [-0.25, -0.2) is 4.79 Å². The van der Waals surface area contributed by atoms with Crippen molar-refractivity contribution in [2.75, 3.05) is 0 Å². The molecule has 0 bridgehead atoms. The van der Waals surface area contributed by atoms with Crippen LogP contribution in [0.3, 0.4) is 0 Å². The highest BCUT2D eigenvalue weighted by Crippen LogP contribution is 2.40. The Balaban J connectivity index is 1.95. The van der Waals surface area contributed by atoms with Crippen molar-refractivity contribution in [3.63, 3.8) is 0 Å². The number of carboxylic acids is 1. The first kappa shape index (κ1) is 14.0. The Morgan fingerprint density at radius 2 is 2.10 bits per heavy atom. The van der Waals surface area contributed by atoms with Crippen LogP contribution in [0.2, 0.25) is 0 Å². The molecule has 0 radical (unpaired) electrons. The number of carboxylic acid groups (broad SMARTS) is 1. The summed E-state index contributed by atoms with van der Waals surface area (Å²) in [5.41, 5.74) is 1.37. The first-order chi connectivity index (χ1) is 10.1. The third kappa shape index (κ3) is 2.41. The minimum absolute atomic E-state index is 0.0759. The summed E-state index contributed by atoms with van der Waals surface area (Å²) in [4.78, 5) is 30.1. The van der Waals surface area contributed by atoms with E-state index in [1.165, 1.54) is 0 Å². The van der Waals surface area contributed by atoms with E-state index in [1.54, 1.807) is 23.4 Å². The molecule has 1 saturated heterocycles. The van der Waals surface area contributed by atoms with Gasteiger partial charge in [0.15, 0.2) is 0 Å². The fraction of sp³-hybridized carbons (Fsp3) is 0.562. The number of likely N-dealkylation sites (tertiary alicyclic amines) is 1. The quantitative estimate of drug-likeness (QED) is 0.906. The third-order valence-corrected chi connectivity index (χ3v) is 4.88. The molecule has 5 nitrogen and oxygen atoms in total. The molecule has 3 rings (SSSR count). The summed E-state index contributed by atoms with van der Waals surface area (Å²) in [6.07, 6.45) is 7.94. The van der Waals surface area contributed by atoms with Gasteiger partial charge in [0.1, 0.15) is 6.04 Å². The van der Waals surface area contributed by atoms with Crippen LogP contribution >= 0.6 is 0 Å². The molecule has 2 aliphatic rings. The maximum absolute atomic E-state index is 12.9. The highest BCUT2D eigenvalue weighted by Gasteiger charge is 2.47. The molecule has 3 atom stereocenters. The van der Waals surface area contributed by atoms with E-state index in [4.69, 9.17) is 0 Å². The molecule has 0 aromatic carbocycles. The van der Waals surface area contributed by atoms with Crippen LogP contribution in [0.4, 0.5) is 0 Å². The highest BCUT2D eigenvalue weighted by molar-refractivity contribution is 5.98. The van der Waals surface area contributed by atoms with Crippen molar-refractivity contribution in [1.29, 1.82) is 0 Å². The Kier molecular flexibility index (Phi) is 3.66. The number of aromatic nitrogens is 1. The lowest BCUT2D eigenvalue weighted by atomic mass is 9.84. The highest BCUT2D eigenvalue weighted by atomic mass is 16.4. The van der Waals surface area contributed by atoms with Gasteiger partial charge in [0.2, 0.25) is 0 Å². The number of amides is 1. The largest absolute Gasteiger partial charge is 0.480 e. The van der Waals surface area contributed by atoms with Crippen LogP contribution in [0.5, 0.6) is 0 Å². The molecule has 1 aromatic heterocycles. The van der Waals surface area contributed by atoms with Crippen molar-refractivity contribution < 1.29 is 14.7 Å². The Morgan fingerprint density at radius 3 is 2.81 bits per heavy atom. The van der Waals surface area contributed by atoms with Crippen molar-refractivity contribution in [1.82, 2.24) is 9.88 Å². The zero-order valence-corrected chi connectivity index (χ0v) is 12.2. The molecule has 0 spiro atoms. The predicted octanol–water partition coefficient (Wildman–Crippen LogP) is 2.25. The van der Waals surface area contributed by atoms with Gasteiger partial charge in [-0.15, -0.1) is 0 Å². The van der Waals surface area contributed by atoms with Crippen molar-refractivity contribution in [3.8, 4) is 0 Å². The summed E-state index contributed by atoms with van der Waals surface area (Å²) in [5, 5.41) is 9.49. The Bertz CT molecular complexity index is 572. The summed E-state index contributed by atoms with van der Waals surface area (Å²) in [5.74, 6) is -0.734. The predicted molar refractivity (Wildman–Crippen MR) is 76.9 cm³/mol. The molecule has 5 heteroatoms. The average Bonchev–Trinajstić information content (AvgIpc) is 2.86. The maximum atomic E-state index is 12.9. The lowest BCUT2D eigenvalue weighted by Crippen LogP contribution is -2.46. The van der Waals surface area contributed by atoms with E-state index in [1.807, 2.05) is 6.92 Å². The molecular weight excluding hydrogens is 268 g/mol. The average molecular weight is 288 g/mol. The van der Waals surface area contributed by atoms with Crippen LogP contribution in [0, 0.1) is 12.8 Å². The minimum Gasteiger partial charge on any atom is -0.480 e. The topological polar surface area (TPSA) is 70.5 Å². The number of carbonyl (C=O) groups excluding carboxylic acids is 1. The second kappa shape index (κ2) is 5.47. The monoisotopic (exact) mass is 288 g/mol. The van der Waals surface area contributed by atoms with Crippen LogP contribution in [-0.2, 0) is 4.79 Å². The number of aliphatic carboxylic acids is 1. The normalized spacial score (nSPS) is 28.2. The van der Waals surface area contributed by atoms with Crippen molar-refractivity contribution >= 4 is 11.9 Å². The fourth-order valence-electron chi connectivity index (χ4n) is 3.80. The Labute approximate surface area is 124 Å². The number of pyridine rings is 1. The van der Waals surface area contributed by atoms with E-state index in [2.05, 4.69) is 4.98 Å². The van der Waals surface area contributed by atoms with Gasteiger partial charge in [-0.05, 0) is 43.7 Å². The molecule has 1 aromatic rings. The van der Waals surface area contributed by atoms with Gasteiger partial charge in [-0.3, -0.25) is 9.78 Å². The molecule has 1 amide bonds. The van der Waals surface area contributed by atoms with E-state index in [0.29, 0.717) is 17.9 Å². The zero-order valence-electron chi connectivity index (χ0n) is 12.2. The van der Waals surface area contributed by atoms with Gasteiger partial charge in [0.05, 0.1) is 5.56 Å². The SMILES string of the molecule is Cc1ccncc1C(=O)N1C(C(=O)O)CC2CCCCC21. The van der Waals surface area contributed by atoms with Crippen molar-refractivity contribution in [2.24, 2.45) is 5.92 Å². The van der Waals surface area contributed by atoms with Gasteiger partial charge in [-0.1, -0.05) is 12.8 Å². The van der Waals surface area contributed by atoms with Crippen molar-refractivity contribution in [3.05, 3.63) is 29.6 Å². The number of rotatable bonds is 2. The molecule has 1 saturated carbocycles. The second-order valence-corrected chi connectivity index (χ2v) is 6.10. The Hall–Kier alpha value is -1.91. The molecule has 1 aliphatic heterocycles. The number of aryl methyl sites for hydroxylation is 1. The summed E-state index contributed by atoms with van der Waals surface area (Å²) in [7, 11) is 0. The van der Waals surface area contributed by atoms with Crippen LogP contribution < -0.4 is 0 Å². The molecule has 1 N–H and O–H groups in total. The number of hydrogen-bond acceptors (Lipinski definition) is 3. The van der Waals surface area contributed by atoms with Gasteiger partial charge in [0.25, 0.3) is 5.91 Å². The standard InChI is InChI=1S/C16H20N2O3/c1-10-6-7-17-9-12(10)15(19)18-13-5-3-2-4-11(13)8-14(18)16(20)21/h6-7,9,11,13-14H,2-5,8H2,1H3,(H,20,21). The lowest BCUT2D eigenvalue weighted by Gasteiger charge is -2.33.